The molecular weight excluding hydrogens is 256 g/mol. The summed E-state index contributed by atoms with van der Waals surface area (Å²) in [5, 5.41) is 0. The fourth-order valence-electron chi connectivity index (χ4n) is 3.43. The third-order valence-corrected chi connectivity index (χ3v) is 4.58. The second-order valence-corrected chi connectivity index (χ2v) is 5.76. The van der Waals surface area contributed by atoms with Crippen LogP contribution in [0.3, 0.4) is 0 Å². The highest BCUT2D eigenvalue weighted by atomic mass is 16.5. The SMILES string of the molecule is CCN(CC)C1CCN(CC2CCC(C(=O)NN)O2)C1. The minimum Gasteiger partial charge on any atom is -0.364 e. The normalized spacial score (nSPS) is 31.1. The Morgan fingerprint density at radius 2 is 2.10 bits per heavy atom. The Morgan fingerprint density at radius 1 is 1.35 bits per heavy atom. The number of hydrogen-bond acceptors (Lipinski definition) is 5. The molecule has 0 aromatic heterocycles. The first-order chi connectivity index (χ1) is 9.67. The van der Waals surface area contributed by atoms with E-state index in [4.69, 9.17) is 10.6 Å². The van der Waals surface area contributed by atoms with Gasteiger partial charge in [-0.3, -0.25) is 20.0 Å². The van der Waals surface area contributed by atoms with Crippen molar-refractivity contribution in [3.8, 4) is 0 Å². The fraction of sp³-hybridized carbons (Fsp3) is 0.929. The lowest BCUT2D eigenvalue weighted by molar-refractivity contribution is -0.132. The summed E-state index contributed by atoms with van der Waals surface area (Å²) >= 11 is 0. The van der Waals surface area contributed by atoms with Gasteiger partial charge in [0.05, 0.1) is 6.10 Å². The van der Waals surface area contributed by atoms with Crippen molar-refractivity contribution in [1.29, 1.82) is 0 Å². The first-order valence-corrected chi connectivity index (χ1v) is 7.80. The Labute approximate surface area is 121 Å². The van der Waals surface area contributed by atoms with Crippen LogP contribution in [0.5, 0.6) is 0 Å². The standard InChI is InChI=1S/C14H28N4O2/c1-3-18(4-2)11-7-8-17(9-11)10-12-5-6-13(20-12)14(19)16-15/h11-13H,3-10,15H2,1-2H3,(H,16,19). The zero-order valence-corrected chi connectivity index (χ0v) is 12.7. The molecule has 0 aliphatic carbocycles. The van der Waals surface area contributed by atoms with Crippen molar-refractivity contribution in [1.82, 2.24) is 15.2 Å². The van der Waals surface area contributed by atoms with Crippen LogP contribution in [0.1, 0.15) is 33.1 Å². The number of carbonyl (C=O) groups is 1. The van der Waals surface area contributed by atoms with E-state index in [1.54, 1.807) is 0 Å². The second-order valence-electron chi connectivity index (χ2n) is 5.76. The molecule has 0 radical (unpaired) electrons. The molecule has 1 amide bonds. The van der Waals surface area contributed by atoms with Crippen LogP contribution in [0.4, 0.5) is 0 Å². The molecule has 2 aliphatic rings. The molecule has 2 fully saturated rings. The van der Waals surface area contributed by atoms with Crippen molar-refractivity contribution in [2.45, 2.75) is 51.4 Å². The summed E-state index contributed by atoms with van der Waals surface area (Å²) in [4.78, 5) is 16.4. The number of rotatable bonds is 6. The molecule has 2 saturated heterocycles. The minimum absolute atomic E-state index is 0.174. The molecule has 116 valence electrons. The summed E-state index contributed by atoms with van der Waals surface area (Å²) in [6, 6.07) is 0.676. The summed E-state index contributed by atoms with van der Waals surface area (Å²) < 4.78 is 5.78. The lowest BCUT2D eigenvalue weighted by Gasteiger charge is -2.27. The van der Waals surface area contributed by atoms with Crippen LogP contribution in [0.15, 0.2) is 0 Å². The molecule has 3 atom stereocenters. The highest BCUT2D eigenvalue weighted by Gasteiger charge is 2.33. The smallest absolute Gasteiger partial charge is 0.263 e. The van der Waals surface area contributed by atoms with Gasteiger partial charge in [-0.25, -0.2) is 5.84 Å². The number of hydrazine groups is 1. The summed E-state index contributed by atoms with van der Waals surface area (Å²) in [6.45, 7) is 9.88. The van der Waals surface area contributed by atoms with Crippen LogP contribution in [0.25, 0.3) is 0 Å². The van der Waals surface area contributed by atoms with Gasteiger partial charge in [0.2, 0.25) is 0 Å². The lowest BCUT2D eigenvalue weighted by Crippen LogP contribution is -2.41. The maximum Gasteiger partial charge on any atom is 0.263 e. The molecule has 6 nitrogen and oxygen atoms in total. The van der Waals surface area contributed by atoms with Gasteiger partial charge in [0.1, 0.15) is 6.10 Å². The molecule has 2 rings (SSSR count). The molecule has 0 aromatic rings. The van der Waals surface area contributed by atoms with Gasteiger partial charge in [-0.05, 0) is 38.9 Å². The minimum atomic E-state index is -0.355. The average molecular weight is 284 g/mol. The summed E-state index contributed by atoms with van der Waals surface area (Å²) in [5.74, 6) is 4.95. The molecule has 20 heavy (non-hydrogen) atoms. The summed E-state index contributed by atoms with van der Waals surface area (Å²) in [7, 11) is 0. The lowest BCUT2D eigenvalue weighted by atomic mass is 10.2. The van der Waals surface area contributed by atoms with Gasteiger partial charge >= 0.3 is 0 Å². The number of amides is 1. The molecular formula is C14H28N4O2. The van der Waals surface area contributed by atoms with E-state index in [-0.39, 0.29) is 18.1 Å². The van der Waals surface area contributed by atoms with Crippen molar-refractivity contribution in [3.63, 3.8) is 0 Å². The second kappa shape index (κ2) is 7.36. The third kappa shape index (κ3) is 3.69. The molecule has 6 heteroatoms. The van der Waals surface area contributed by atoms with Crippen LogP contribution < -0.4 is 11.3 Å². The quantitative estimate of drug-likeness (QED) is 0.406. The van der Waals surface area contributed by atoms with Gasteiger partial charge in [-0.15, -0.1) is 0 Å². The number of nitrogens with zero attached hydrogens (tertiary/aromatic N) is 2. The van der Waals surface area contributed by atoms with Crippen molar-refractivity contribution in [2.75, 3.05) is 32.7 Å². The van der Waals surface area contributed by atoms with Gasteiger partial charge in [0, 0.05) is 19.1 Å². The van der Waals surface area contributed by atoms with E-state index in [2.05, 4.69) is 29.1 Å². The van der Waals surface area contributed by atoms with E-state index in [1.807, 2.05) is 0 Å². The highest BCUT2D eigenvalue weighted by Crippen LogP contribution is 2.23. The molecule has 0 bridgehead atoms. The first-order valence-electron chi connectivity index (χ1n) is 7.80. The fourth-order valence-corrected chi connectivity index (χ4v) is 3.43. The number of ether oxygens (including phenoxy) is 1. The van der Waals surface area contributed by atoms with E-state index in [1.165, 1.54) is 6.42 Å². The highest BCUT2D eigenvalue weighted by molar-refractivity contribution is 5.80. The molecule has 0 spiro atoms. The zero-order valence-electron chi connectivity index (χ0n) is 12.7. The molecule has 3 N–H and O–H groups in total. The van der Waals surface area contributed by atoms with Crippen molar-refractivity contribution >= 4 is 5.91 Å². The Kier molecular flexibility index (Phi) is 5.77. The number of nitrogens with one attached hydrogen (secondary N) is 1. The Balaban J connectivity index is 1.75. The van der Waals surface area contributed by atoms with Gasteiger partial charge in [0.25, 0.3) is 5.91 Å². The predicted molar refractivity (Wildman–Crippen MR) is 78.0 cm³/mol. The predicted octanol–water partition coefficient (Wildman–Crippen LogP) is -0.0600. The van der Waals surface area contributed by atoms with Crippen LogP contribution in [0.2, 0.25) is 0 Å². The van der Waals surface area contributed by atoms with Gasteiger partial charge in [-0.2, -0.15) is 0 Å². The van der Waals surface area contributed by atoms with Crippen molar-refractivity contribution < 1.29 is 9.53 Å². The maximum atomic E-state index is 11.4. The number of likely N-dealkylation sites (tertiary alicyclic amines) is 1. The Hall–Kier alpha value is -0.690. The summed E-state index contributed by atoms with van der Waals surface area (Å²) in [5.41, 5.74) is 2.17. The van der Waals surface area contributed by atoms with Gasteiger partial charge < -0.3 is 4.74 Å². The molecule has 2 aliphatic heterocycles. The van der Waals surface area contributed by atoms with E-state index in [0.29, 0.717) is 6.04 Å². The van der Waals surface area contributed by atoms with Gasteiger partial charge in [0.15, 0.2) is 0 Å². The zero-order chi connectivity index (χ0) is 14.5. The monoisotopic (exact) mass is 284 g/mol. The third-order valence-electron chi connectivity index (χ3n) is 4.58. The van der Waals surface area contributed by atoms with Crippen LogP contribution in [0, 0.1) is 0 Å². The molecule has 3 unspecified atom stereocenters. The Bertz CT molecular complexity index is 322. The first kappa shape index (κ1) is 15.7. The topological polar surface area (TPSA) is 70.8 Å². The molecule has 0 saturated carbocycles. The number of nitrogens with two attached hydrogens (primary N) is 1. The van der Waals surface area contributed by atoms with Crippen molar-refractivity contribution in [3.05, 3.63) is 0 Å². The number of likely N-dealkylation sites (N-methyl/N-ethyl adjacent to an activating group) is 1. The maximum absolute atomic E-state index is 11.4. The Morgan fingerprint density at radius 3 is 2.75 bits per heavy atom. The van der Waals surface area contributed by atoms with Crippen molar-refractivity contribution in [2.24, 2.45) is 5.84 Å². The van der Waals surface area contributed by atoms with Crippen LogP contribution >= 0.6 is 0 Å². The summed E-state index contributed by atoms with van der Waals surface area (Å²) in [6.07, 6.45) is 2.78. The van der Waals surface area contributed by atoms with Crippen LogP contribution in [-0.4, -0.2) is 66.7 Å². The number of carbonyl (C=O) groups excluding carboxylic acids is 1. The van der Waals surface area contributed by atoms with E-state index in [0.717, 1.165) is 45.6 Å². The van der Waals surface area contributed by atoms with Gasteiger partial charge in [-0.1, -0.05) is 13.8 Å². The van der Waals surface area contributed by atoms with Crippen LogP contribution in [-0.2, 0) is 9.53 Å². The van der Waals surface area contributed by atoms with E-state index in [9.17, 15) is 4.79 Å². The molecule has 0 aromatic carbocycles. The van der Waals surface area contributed by atoms with E-state index >= 15 is 0 Å². The average Bonchev–Trinajstić information content (AvgIpc) is 3.10. The largest absolute Gasteiger partial charge is 0.364 e. The number of hydrogen-bond donors (Lipinski definition) is 2. The molecule has 2 heterocycles. The van der Waals surface area contributed by atoms with E-state index < -0.39 is 0 Å².